The Kier molecular flexibility index (Phi) is 3.82. The number of amides is 1. The second kappa shape index (κ2) is 5.15. The third kappa shape index (κ3) is 2.74. The molecule has 4 nitrogen and oxygen atoms in total. The molecular weight excluding hydrogens is 204 g/mol. The van der Waals surface area contributed by atoms with Crippen LogP contribution in [0, 0.1) is 0 Å². The van der Waals surface area contributed by atoms with Gasteiger partial charge in [-0.1, -0.05) is 0 Å². The molecule has 0 aromatic carbocycles. The molecule has 0 radical (unpaired) electrons. The van der Waals surface area contributed by atoms with Gasteiger partial charge in [0.2, 0.25) is 5.91 Å². The summed E-state index contributed by atoms with van der Waals surface area (Å²) in [7, 11) is 0. The fourth-order valence-electron chi connectivity index (χ4n) is 2.46. The van der Waals surface area contributed by atoms with E-state index in [0.29, 0.717) is 6.54 Å². The van der Waals surface area contributed by atoms with Crippen molar-refractivity contribution in [2.45, 2.75) is 50.7 Å². The van der Waals surface area contributed by atoms with Crippen molar-refractivity contribution < 1.29 is 9.53 Å². The Balaban J connectivity index is 1.74. The normalized spacial score (nSPS) is 34.9. The van der Waals surface area contributed by atoms with Crippen LogP contribution in [0.4, 0.5) is 0 Å². The zero-order valence-electron chi connectivity index (χ0n) is 10.1. The van der Waals surface area contributed by atoms with Crippen LogP contribution in [0.25, 0.3) is 0 Å². The van der Waals surface area contributed by atoms with E-state index >= 15 is 0 Å². The molecule has 0 aromatic heterocycles. The van der Waals surface area contributed by atoms with Gasteiger partial charge < -0.3 is 15.4 Å². The predicted octanol–water partition coefficient (Wildman–Crippen LogP) is 0.814. The fourth-order valence-corrected chi connectivity index (χ4v) is 2.46. The van der Waals surface area contributed by atoms with Crippen LogP contribution in [0.15, 0.2) is 0 Å². The highest BCUT2D eigenvalue weighted by molar-refractivity contribution is 5.86. The standard InChI is InChI=1S/C12H22N2O2/c1-12(6-4-7-14-12)11(15)13-9-10-5-2-3-8-16-10/h10,14H,2-9H2,1H3,(H,13,15). The van der Waals surface area contributed by atoms with Gasteiger partial charge in [0.05, 0.1) is 11.6 Å². The molecule has 2 fully saturated rings. The van der Waals surface area contributed by atoms with Gasteiger partial charge in [-0.2, -0.15) is 0 Å². The van der Waals surface area contributed by atoms with Crippen LogP contribution in [0.2, 0.25) is 0 Å². The van der Waals surface area contributed by atoms with Crippen molar-refractivity contribution in [1.29, 1.82) is 0 Å². The summed E-state index contributed by atoms with van der Waals surface area (Å²) in [5, 5.41) is 6.28. The van der Waals surface area contributed by atoms with Gasteiger partial charge in [-0.05, 0) is 45.6 Å². The minimum absolute atomic E-state index is 0.124. The van der Waals surface area contributed by atoms with Crippen molar-refractivity contribution in [3.05, 3.63) is 0 Å². The zero-order valence-corrected chi connectivity index (χ0v) is 10.1. The highest BCUT2D eigenvalue weighted by Gasteiger charge is 2.35. The molecule has 0 aromatic rings. The van der Waals surface area contributed by atoms with E-state index in [1.165, 1.54) is 6.42 Å². The number of rotatable bonds is 3. The first-order valence-electron chi connectivity index (χ1n) is 6.36. The molecule has 4 heteroatoms. The summed E-state index contributed by atoms with van der Waals surface area (Å²) in [6.07, 6.45) is 5.70. The highest BCUT2D eigenvalue weighted by Crippen LogP contribution is 2.18. The van der Waals surface area contributed by atoms with Gasteiger partial charge in [0, 0.05) is 13.2 Å². The molecule has 0 bridgehead atoms. The SMILES string of the molecule is CC1(C(=O)NCC2CCCCO2)CCCN1. The lowest BCUT2D eigenvalue weighted by molar-refractivity contribution is -0.127. The maximum Gasteiger partial charge on any atom is 0.240 e. The monoisotopic (exact) mass is 226 g/mol. The van der Waals surface area contributed by atoms with E-state index in [1.54, 1.807) is 0 Å². The number of carbonyl (C=O) groups excluding carboxylic acids is 1. The van der Waals surface area contributed by atoms with Gasteiger partial charge in [0.1, 0.15) is 0 Å². The van der Waals surface area contributed by atoms with Crippen LogP contribution in [0.1, 0.15) is 39.0 Å². The lowest BCUT2D eigenvalue weighted by atomic mass is 9.99. The van der Waals surface area contributed by atoms with Gasteiger partial charge in [-0.25, -0.2) is 0 Å². The first kappa shape index (κ1) is 11.9. The Morgan fingerprint density at radius 3 is 3.00 bits per heavy atom. The van der Waals surface area contributed by atoms with E-state index in [9.17, 15) is 4.79 Å². The highest BCUT2D eigenvalue weighted by atomic mass is 16.5. The van der Waals surface area contributed by atoms with Crippen LogP contribution < -0.4 is 10.6 Å². The summed E-state index contributed by atoms with van der Waals surface area (Å²) >= 11 is 0. The van der Waals surface area contributed by atoms with E-state index < -0.39 is 0 Å². The molecule has 2 saturated heterocycles. The van der Waals surface area contributed by atoms with Crippen LogP contribution in [0.3, 0.4) is 0 Å². The van der Waals surface area contributed by atoms with Crippen molar-refractivity contribution in [3.8, 4) is 0 Å². The van der Waals surface area contributed by atoms with Crippen molar-refractivity contribution in [1.82, 2.24) is 10.6 Å². The number of carbonyl (C=O) groups is 1. The molecule has 92 valence electrons. The fraction of sp³-hybridized carbons (Fsp3) is 0.917. The minimum Gasteiger partial charge on any atom is -0.376 e. The smallest absolute Gasteiger partial charge is 0.240 e. The molecule has 2 atom stereocenters. The first-order valence-corrected chi connectivity index (χ1v) is 6.36. The Morgan fingerprint density at radius 2 is 2.38 bits per heavy atom. The van der Waals surface area contributed by atoms with Crippen molar-refractivity contribution >= 4 is 5.91 Å². The number of hydrogen-bond acceptors (Lipinski definition) is 3. The Bertz CT molecular complexity index is 243. The molecule has 2 heterocycles. The van der Waals surface area contributed by atoms with E-state index in [1.807, 2.05) is 6.92 Å². The molecule has 2 aliphatic rings. The third-order valence-corrected chi connectivity index (χ3v) is 3.63. The first-order chi connectivity index (χ1) is 7.71. The topological polar surface area (TPSA) is 50.4 Å². The molecule has 2 rings (SSSR count). The van der Waals surface area contributed by atoms with Crippen molar-refractivity contribution in [2.75, 3.05) is 19.7 Å². The lowest BCUT2D eigenvalue weighted by Gasteiger charge is -2.27. The summed E-state index contributed by atoms with van der Waals surface area (Å²) in [6.45, 7) is 4.44. The summed E-state index contributed by atoms with van der Waals surface area (Å²) in [5.41, 5.74) is -0.353. The molecular formula is C12H22N2O2. The van der Waals surface area contributed by atoms with Crippen LogP contribution in [0.5, 0.6) is 0 Å². The maximum absolute atomic E-state index is 12.0. The predicted molar refractivity (Wildman–Crippen MR) is 62.2 cm³/mol. The Labute approximate surface area is 97.1 Å². The van der Waals surface area contributed by atoms with Crippen molar-refractivity contribution in [3.63, 3.8) is 0 Å². The number of hydrogen-bond donors (Lipinski definition) is 2. The molecule has 0 aliphatic carbocycles. The van der Waals surface area contributed by atoms with Crippen LogP contribution >= 0.6 is 0 Å². The second-order valence-corrected chi connectivity index (χ2v) is 5.06. The molecule has 0 saturated carbocycles. The molecule has 1 amide bonds. The zero-order chi connectivity index (χ0) is 11.4. The van der Waals surface area contributed by atoms with Crippen LogP contribution in [-0.4, -0.2) is 37.2 Å². The summed E-state index contributed by atoms with van der Waals surface area (Å²) in [4.78, 5) is 12.0. The summed E-state index contributed by atoms with van der Waals surface area (Å²) in [6, 6.07) is 0. The largest absolute Gasteiger partial charge is 0.376 e. The Hall–Kier alpha value is -0.610. The lowest BCUT2D eigenvalue weighted by Crippen LogP contribution is -2.52. The average molecular weight is 226 g/mol. The Morgan fingerprint density at radius 1 is 1.50 bits per heavy atom. The quantitative estimate of drug-likeness (QED) is 0.749. The van der Waals surface area contributed by atoms with E-state index in [2.05, 4.69) is 10.6 Å². The van der Waals surface area contributed by atoms with Gasteiger partial charge >= 0.3 is 0 Å². The van der Waals surface area contributed by atoms with Gasteiger partial charge in [-0.3, -0.25) is 4.79 Å². The second-order valence-electron chi connectivity index (χ2n) is 5.06. The average Bonchev–Trinajstić information content (AvgIpc) is 2.76. The molecule has 2 N–H and O–H groups in total. The van der Waals surface area contributed by atoms with E-state index in [-0.39, 0.29) is 17.6 Å². The van der Waals surface area contributed by atoms with Gasteiger partial charge in [0.25, 0.3) is 0 Å². The van der Waals surface area contributed by atoms with Crippen LogP contribution in [-0.2, 0) is 9.53 Å². The number of nitrogens with one attached hydrogen (secondary N) is 2. The molecule has 2 aliphatic heterocycles. The summed E-state index contributed by atoms with van der Waals surface area (Å²) < 4.78 is 5.59. The van der Waals surface area contributed by atoms with E-state index in [4.69, 9.17) is 4.74 Å². The third-order valence-electron chi connectivity index (χ3n) is 3.63. The van der Waals surface area contributed by atoms with Crippen molar-refractivity contribution in [2.24, 2.45) is 0 Å². The molecule has 2 unspecified atom stereocenters. The molecule has 16 heavy (non-hydrogen) atoms. The maximum atomic E-state index is 12.0. The summed E-state index contributed by atoms with van der Waals surface area (Å²) in [5.74, 6) is 0.124. The van der Waals surface area contributed by atoms with Gasteiger partial charge in [0.15, 0.2) is 0 Å². The van der Waals surface area contributed by atoms with E-state index in [0.717, 1.165) is 38.8 Å². The number of ether oxygens (including phenoxy) is 1. The van der Waals surface area contributed by atoms with Gasteiger partial charge in [-0.15, -0.1) is 0 Å². The minimum atomic E-state index is -0.353. The molecule has 0 spiro atoms.